The number of aromatic nitrogens is 1. The maximum atomic E-state index is 12.4. The minimum Gasteiger partial charge on any atom is -0.375 e. The lowest BCUT2D eigenvalue weighted by Gasteiger charge is -2.32. The first-order valence-electron chi connectivity index (χ1n) is 10.2. The molecule has 160 valence electrons. The predicted octanol–water partition coefficient (Wildman–Crippen LogP) is 2.77. The highest BCUT2D eigenvalue weighted by atomic mass is 16.5. The Hall–Kier alpha value is -3.13. The predicted molar refractivity (Wildman–Crippen MR) is 117 cm³/mol. The van der Waals surface area contributed by atoms with E-state index in [1.54, 1.807) is 30.5 Å². The molecule has 3 rings (SSSR count). The first-order chi connectivity index (χ1) is 14.4. The lowest BCUT2D eigenvalue weighted by atomic mass is 10.2. The number of nitrogens with zero attached hydrogens (tertiary/aromatic N) is 2. The highest BCUT2D eigenvalue weighted by Crippen LogP contribution is 2.15. The summed E-state index contributed by atoms with van der Waals surface area (Å²) in [5.74, 6) is 0.740. The van der Waals surface area contributed by atoms with Crippen molar-refractivity contribution in [1.29, 1.82) is 0 Å². The molecule has 3 amide bonds. The summed E-state index contributed by atoms with van der Waals surface area (Å²) in [4.78, 5) is 30.8. The maximum absolute atomic E-state index is 12.4. The van der Waals surface area contributed by atoms with Gasteiger partial charge in [-0.05, 0) is 56.7 Å². The van der Waals surface area contributed by atoms with Crippen LogP contribution in [0.1, 0.15) is 36.7 Å². The van der Waals surface area contributed by atoms with E-state index in [2.05, 4.69) is 32.8 Å². The third kappa shape index (κ3) is 6.18. The number of pyridine rings is 1. The van der Waals surface area contributed by atoms with Crippen molar-refractivity contribution in [2.75, 3.05) is 29.9 Å². The number of amides is 3. The largest absolute Gasteiger partial charge is 0.375 e. The van der Waals surface area contributed by atoms with Gasteiger partial charge in [-0.25, -0.2) is 9.78 Å². The fraction of sp³-hybridized carbons (Fsp3) is 0.409. The number of anilines is 2. The molecule has 0 saturated carbocycles. The molecule has 1 saturated heterocycles. The molecule has 2 aromatic rings. The highest BCUT2D eigenvalue weighted by molar-refractivity contribution is 5.95. The fourth-order valence-electron chi connectivity index (χ4n) is 3.15. The summed E-state index contributed by atoms with van der Waals surface area (Å²) >= 11 is 0. The zero-order valence-corrected chi connectivity index (χ0v) is 17.6. The molecule has 8 heteroatoms. The molecule has 3 N–H and O–H groups in total. The Kier molecular flexibility index (Phi) is 7.24. The van der Waals surface area contributed by atoms with Crippen molar-refractivity contribution in [1.82, 2.24) is 15.6 Å². The molecule has 1 aromatic carbocycles. The first kappa shape index (κ1) is 21.6. The Morgan fingerprint density at radius 1 is 1.20 bits per heavy atom. The van der Waals surface area contributed by atoms with Crippen LogP contribution in [0.25, 0.3) is 0 Å². The van der Waals surface area contributed by atoms with Crippen molar-refractivity contribution in [2.24, 2.45) is 0 Å². The van der Waals surface area contributed by atoms with E-state index in [9.17, 15) is 9.59 Å². The van der Waals surface area contributed by atoms with Crippen LogP contribution in [0.2, 0.25) is 0 Å². The van der Waals surface area contributed by atoms with E-state index in [4.69, 9.17) is 4.74 Å². The SMILES string of the molecule is CC(C)NC(=O)Nc1ccc(C(=O)NCc2ccc(N3CCOC(C)C3)nc2)cc1. The molecule has 1 aromatic heterocycles. The second-order valence-corrected chi connectivity index (χ2v) is 7.67. The van der Waals surface area contributed by atoms with E-state index in [-0.39, 0.29) is 24.1 Å². The average molecular weight is 412 g/mol. The molecule has 0 bridgehead atoms. The summed E-state index contributed by atoms with van der Waals surface area (Å²) in [6, 6.07) is 10.5. The van der Waals surface area contributed by atoms with E-state index >= 15 is 0 Å². The Balaban J connectivity index is 1.49. The molecule has 0 spiro atoms. The molecule has 30 heavy (non-hydrogen) atoms. The summed E-state index contributed by atoms with van der Waals surface area (Å²) < 4.78 is 5.56. The molecule has 8 nitrogen and oxygen atoms in total. The zero-order valence-electron chi connectivity index (χ0n) is 17.6. The molecular formula is C22H29N5O3. The molecule has 1 aliphatic heterocycles. The standard InChI is InChI=1S/C22H29N5O3/c1-15(2)25-22(29)26-19-7-5-18(6-8-19)21(28)24-13-17-4-9-20(23-12-17)27-10-11-30-16(3)14-27/h4-9,12,15-16H,10-11,13-14H2,1-3H3,(H,24,28)(H2,25,26,29). The second kappa shape index (κ2) is 10.1. The lowest BCUT2D eigenvalue weighted by Crippen LogP contribution is -2.41. The van der Waals surface area contributed by atoms with Gasteiger partial charge in [0.2, 0.25) is 0 Å². The van der Waals surface area contributed by atoms with Crippen LogP contribution in [-0.2, 0) is 11.3 Å². The van der Waals surface area contributed by atoms with Gasteiger partial charge >= 0.3 is 6.03 Å². The third-order valence-corrected chi connectivity index (χ3v) is 4.65. The number of rotatable bonds is 6. The molecular weight excluding hydrogens is 382 g/mol. The van der Waals surface area contributed by atoms with Crippen molar-refractivity contribution < 1.29 is 14.3 Å². The van der Waals surface area contributed by atoms with E-state index in [0.29, 0.717) is 24.4 Å². The Morgan fingerprint density at radius 3 is 2.60 bits per heavy atom. The number of carbonyl (C=O) groups is 2. The number of benzene rings is 1. The second-order valence-electron chi connectivity index (χ2n) is 7.67. The number of hydrogen-bond donors (Lipinski definition) is 3. The topological polar surface area (TPSA) is 95.6 Å². The summed E-state index contributed by atoms with van der Waals surface area (Å²) in [5, 5.41) is 8.38. The van der Waals surface area contributed by atoms with Gasteiger partial charge < -0.3 is 25.6 Å². The van der Waals surface area contributed by atoms with Crippen LogP contribution in [0.15, 0.2) is 42.6 Å². The molecule has 1 aliphatic rings. The van der Waals surface area contributed by atoms with E-state index < -0.39 is 0 Å². The van der Waals surface area contributed by atoms with Gasteiger partial charge in [0.05, 0.1) is 12.7 Å². The lowest BCUT2D eigenvalue weighted by molar-refractivity contribution is 0.0529. The molecule has 0 aliphatic carbocycles. The van der Waals surface area contributed by atoms with Crippen LogP contribution in [-0.4, -0.2) is 48.8 Å². The van der Waals surface area contributed by atoms with Gasteiger partial charge in [0.1, 0.15) is 5.82 Å². The van der Waals surface area contributed by atoms with Crippen molar-refractivity contribution in [2.45, 2.75) is 39.5 Å². The smallest absolute Gasteiger partial charge is 0.319 e. The van der Waals surface area contributed by atoms with Crippen LogP contribution >= 0.6 is 0 Å². The highest BCUT2D eigenvalue weighted by Gasteiger charge is 2.17. The number of urea groups is 1. The maximum Gasteiger partial charge on any atom is 0.319 e. The fourth-order valence-corrected chi connectivity index (χ4v) is 3.15. The number of hydrogen-bond acceptors (Lipinski definition) is 5. The van der Waals surface area contributed by atoms with E-state index in [1.165, 1.54) is 0 Å². The minimum atomic E-state index is -0.273. The minimum absolute atomic E-state index is 0.0519. The van der Waals surface area contributed by atoms with Crippen LogP contribution < -0.4 is 20.9 Å². The van der Waals surface area contributed by atoms with Gasteiger partial charge in [0.25, 0.3) is 5.91 Å². The van der Waals surface area contributed by atoms with Crippen molar-refractivity contribution in [3.63, 3.8) is 0 Å². The van der Waals surface area contributed by atoms with Crippen LogP contribution in [0.3, 0.4) is 0 Å². The van der Waals surface area contributed by atoms with Gasteiger partial charge in [-0.3, -0.25) is 4.79 Å². The summed E-state index contributed by atoms with van der Waals surface area (Å²) in [6.07, 6.45) is 1.99. The number of morpholine rings is 1. The van der Waals surface area contributed by atoms with Gasteiger partial charge in [-0.2, -0.15) is 0 Å². The van der Waals surface area contributed by atoms with Gasteiger partial charge in [0, 0.05) is 43.1 Å². The molecule has 1 atom stereocenters. The third-order valence-electron chi connectivity index (χ3n) is 4.65. The van der Waals surface area contributed by atoms with Crippen LogP contribution in [0.4, 0.5) is 16.3 Å². The monoisotopic (exact) mass is 411 g/mol. The molecule has 1 fully saturated rings. The van der Waals surface area contributed by atoms with Crippen molar-refractivity contribution in [3.05, 3.63) is 53.7 Å². The van der Waals surface area contributed by atoms with Gasteiger partial charge in [0.15, 0.2) is 0 Å². The normalized spacial score (nSPS) is 16.3. The zero-order chi connectivity index (χ0) is 21.5. The number of nitrogens with one attached hydrogen (secondary N) is 3. The van der Waals surface area contributed by atoms with Crippen molar-refractivity contribution >= 4 is 23.4 Å². The van der Waals surface area contributed by atoms with Gasteiger partial charge in [-0.15, -0.1) is 0 Å². The number of carbonyl (C=O) groups excluding carboxylic acids is 2. The van der Waals surface area contributed by atoms with Crippen LogP contribution in [0.5, 0.6) is 0 Å². The summed E-state index contributed by atoms with van der Waals surface area (Å²) in [5.41, 5.74) is 2.08. The van der Waals surface area contributed by atoms with E-state index in [0.717, 1.165) is 24.5 Å². The van der Waals surface area contributed by atoms with Gasteiger partial charge in [-0.1, -0.05) is 6.07 Å². The molecule has 2 heterocycles. The first-order valence-corrected chi connectivity index (χ1v) is 10.2. The van der Waals surface area contributed by atoms with Crippen molar-refractivity contribution in [3.8, 4) is 0 Å². The Labute approximate surface area is 177 Å². The Bertz CT molecular complexity index is 852. The number of ether oxygens (including phenoxy) is 1. The van der Waals surface area contributed by atoms with Crippen LogP contribution in [0, 0.1) is 0 Å². The summed E-state index contributed by atoms with van der Waals surface area (Å²) in [7, 11) is 0. The average Bonchev–Trinajstić information content (AvgIpc) is 2.72. The van der Waals surface area contributed by atoms with E-state index in [1.807, 2.05) is 26.0 Å². The molecule has 0 radical (unpaired) electrons. The summed E-state index contributed by atoms with van der Waals surface area (Å²) in [6.45, 7) is 8.59. The quantitative estimate of drug-likeness (QED) is 0.679. The Morgan fingerprint density at radius 2 is 1.97 bits per heavy atom. The molecule has 1 unspecified atom stereocenters.